The summed E-state index contributed by atoms with van der Waals surface area (Å²) < 4.78 is 10.2. The van der Waals surface area contributed by atoms with Gasteiger partial charge in [-0.15, -0.1) is 12.4 Å². The van der Waals surface area contributed by atoms with Crippen molar-refractivity contribution in [2.75, 3.05) is 14.2 Å². The number of methoxy groups -OCH3 is 2. The van der Waals surface area contributed by atoms with Gasteiger partial charge in [-0.3, -0.25) is 10.1 Å². The molecule has 2 unspecified atom stereocenters. The monoisotopic (exact) mass is 372 g/mol. The van der Waals surface area contributed by atoms with Gasteiger partial charge in [0.15, 0.2) is 0 Å². The number of H-pyrrole nitrogens is 1. The van der Waals surface area contributed by atoms with Crippen molar-refractivity contribution in [2.45, 2.75) is 18.5 Å². The number of nitrogens with one attached hydrogen (secondary N) is 2. The maximum absolute atomic E-state index is 12.2. The van der Waals surface area contributed by atoms with Gasteiger partial charge in [-0.2, -0.15) is 0 Å². The molecule has 0 radical (unpaired) electrons. The Morgan fingerprint density at radius 3 is 2.50 bits per heavy atom. The summed E-state index contributed by atoms with van der Waals surface area (Å²) in [6.07, 6.45) is 0.610. The molecular formula is C20H21ClN2O3. The fourth-order valence-electron chi connectivity index (χ4n) is 3.59. The number of fused-ring (bicyclic) bond motifs is 3. The summed E-state index contributed by atoms with van der Waals surface area (Å²) in [5.41, 5.74) is 4.43. The van der Waals surface area contributed by atoms with Crippen LogP contribution in [-0.4, -0.2) is 31.2 Å². The van der Waals surface area contributed by atoms with E-state index in [1.54, 1.807) is 7.11 Å². The van der Waals surface area contributed by atoms with Crippen LogP contribution in [0.3, 0.4) is 0 Å². The molecule has 2 heterocycles. The summed E-state index contributed by atoms with van der Waals surface area (Å²) >= 11 is 0. The van der Waals surface area contributed by atoms with Crippen molar-refractivity contribution in [3.05, 3.63) is 65.4 Å². The molecule has 136 valence electrons. The molecule has 2 N–H and O–H groups in total. The fraction of sp³-hybridized carbons (Fsp3) is 0.250. The highest BCUT2D eigenvalue weighted by atomic mass is 35.5. The van der Waals surface area contributed by atoms with Gasteiger partial charge in [-0.1, -0.05) is 30.3 Å². The summed E-state index contributed by atoms with van der Waals surface area (Å²) in [7, 11) is 3.08. The first kappa shape index (κ1) is 18.3. The summed E-state index contributed by atoms with van der Waals surface area (Å²) in [6.45, 7) is 0. The van der Waals surface area contributed by atoms with Gasteiger partial charge in [-0.25, -0.2) is 0 Å². The van der Waals surface area contributed by atoms with Gasteiger partial charge in [0.2, 0.25) is 0 Å². The molecule has 0 saturated heterocycles. The second kappa shape index (κ2) is 7.40. The average molecular weight is 373 g/mol. The first-order chi connectivity index (χ1) is 12.2. The number of halogens is 1. The van der Waals surface area contributed by atoms with Crippen LogP contribution in [0.4, 0.5) is 0 Å². The number of para-hydroxylation sites is 1. The topological polar surface area (TPSA) is 63.4 Å². The molecule has 4 rings (SSSR count). The van der Waals surface area contributed by atoms with E-state index in [1.165, 1.54) is 12.7 Å². The summed E-state index contributed by atoms with van der Waals surface area (Å²) in [5.74, 6) is 0.565. The number of hydrogen-bond donors (Lipinski definition) is 2. The lowest BCUT2D eigenvalue weighted by atomic mass is 9.90. The number of carbonyl (C=O) groups is 1. The van der Waals surface area contributed by atoms with E-state index in [9.17, 15) is 4.79 Å². The Hall–Kier alpha value is -2.50. The summed E-state index contributed by atoms with van der Waals surface area (Å²) in [6, 6.07) is 15.6. The van der Waals surface area contributed by atoms with Gasteiger partial charge in [0.1, 0.15) is 11.8 Å². The first-order valence-corrected chi connectivity index (χ1v) is 8.28. The van der Waals surface area contributed by atoms with Crippen molar-refractivity contribution < 1.29 is 14.3 Å². The molecule has 0 amide bonds. The predicted molar refractivity (Wildman–Crippen MR) is 103 cm³/mol. The number of esters is 1. The van der Waals surface area contributed by atoms with Gasteiger partial charge < -0.3 is 14.5 Å². The quantitative estimate of drug-likeness (QED) is 0.692. The molecule has 0 spiro atoms. The number of ether oxygens (including phenoxy) is 2. The standard InChI is InChI=1S/C20H20N2O3.ClH/c1-24-13-9-7-12(8-10-13)18-19-15(11-17(22-18)20(23)25-2)14-5-3-4-6-16(14)21-19;/h3-10,17-18,21-22H,11H2,1-2H3;1H. The van der Waals surface area contributed by atoms with Crippen LogP contribution in [0.5, 0.6) is 5.75 Å². The van der Waals surface area contributed by atoms with E-state index in [2.05, 4.69) is 22.4 Å². The maximum atomic E-state index is 12.2. The van der Waals surface area contributed by atoms with Crippen molar-refractivity contribution in [1.29, 1.82) is 0 Å². The van der Waals surface area contributed by atoms with Crippen LogP contribution >= 0.6 is 12.4 Å². The van der Waals surface area contributed by atoms with Crippen LogP contribution in [0.15, 0.2) is 48.5 Å². The largest absolute Gasteiger partial charge is 0.497 e. The van der Waals surface area contributed by atoms with E-state index >= 15 is 0 Å². The Morgan fingerprint density at radius 1 is 1.08 bits per heavy atom. The molecule has 0 saturated carbocycles. The zero-order chi connectivity index (χ0) is 17.4. The van der Waals surface area contributed by atoms with Crippen molar-refractivity contribution in [3.8, 4) is 5.75 Å². The summed E-state index contributed by atoms with van der Waals surface area (Å²) in [4.78, 5) is 15.7. The molecule has 5 nitrogen and oxygen atoms in total. The van der Waals surface area contributed by atoms with Crippen molar-refractivity contribution >= 4 is 29.3 Å². The van der Waals surface area contributed by atoms with Gasteiger partial charge in [0.05, 0.1) is 20.3 Å². The zero-order valence-electron chi connectivity index (χ0n) is 14.6. The van der Waals surface area contributed by atoms with Crippen LogP contribution < -0.4 is 10.1 Å². The molecule has 0 aliphatic carbocycles. The Kier molecular flexibility index (Phi) is 5.20. The minimum absolute atomic E-state index is 0. The number of carbonyl (C=O) groups excluding carboxylic acids is 1. The zero-order valence-corrected chi connectivity index (χ0v) is 15.4. The van der Waals surface area contributed by atoms with E-state index in [-0.39, 0.29) is 30.5 Å². The third-order valence-electron chi connectivity index (χ3n) is 4.85. The molecular weight excluding hydrogens is 352 g/mol. The van der Waals surface area contributed by atoms with Gasteiger partial charge in [0.25, 0.3) is 0 Å². The lowest BCUT2D eigenvalue weighted by Crippen LogP contribution is -2.45. The number of hydrogen-bond acceptors (Lipinski definition) is 4. The highest BCUT2D eigenvalue weighted by molar-refractivity contribution is 5.87. The molecule has 2 atom stereocenters. The van der Waals surface area contributed by atoms with E-state index < -0.39 is 0 Å². The van der Waals surface area contributed by atoms with Crippen LogP contribution in [0.25, 0.3) is 10.9 Å². The van der Waals surface area contributed by atoms with Crippen molar-refractivity contribution in [2.24, 2.45) is 0 Å². The van der Waals surface area contributed by atoms with Gasteiger partial charge in [-0.05, 0) is 29.3 Å². The SMILES string of the molecule is COC(=O)C1Cc2c([nH]c3ccccc23)C(c2ccc(OC)cc2)N1.Cl. The fourth-order valence-corrected chi connectivity index (χ4v) is 3.59. The number of aromatic amines is 1. The Labute approximate surface area is 158 Å². The van der Waals surface area contributed by atoms with Crippen LogP contribution in [0, 0.1) is 0 Å². The normalized spacial score (nSPS) is 18.7. The Balaban J connectivity index is 0.00000196. The number of aromatic nitrogens is 1. The van der Waals surface area contributed by atoms with Gasteiger partial charge in [0, 0.05) is 23.0 Å². The molecule has 26 heavy (non-hydrogen) atoms. The third-order valence-corrected chi connectivity index (χ3v) is 4.85. The number of rotatable bonds is 3. The van der Waals surface area contributed by atoms with Crippen LogP contribution in [0.1, 0.15) is 22.9 Å². The minimum Gasteiger partial charge on any atom is -0.497 e. The van der Waals surface area contributed by atoms with E-state index in [1.807, 2.05) is 36.4 Å². The Morgan fingerprint density at radius 2 is 1.81 bits per heavy atom. The average Bonchev–Trinajstić information content (AvgIpc) is 3.05. The molecule has 0 fully saturated rings. The minimum atomic E-state index is -0.371. The molecule has 1 aromatic heterocycles. The molecule has 6 heteroatoms. The molecule has 1 aliphatic heterocycles. The van der Waals surface area contributed by atoms with Crippen LogP contribution in [0.2, 0.25) is 0 Å². The van der Waals surface area contributed by atoms with E-state index in [0.29, 0.717) is 6.42 Å². The lowest BCUT2D eigenvalue weighted by Gasteiger charge is -2.30. The highest BCUT2D eigenvalue weighted by Crippen LogP contribution is 2.35. The number of benzene rings is 2. The third kappa shape index (κ3) is 3.04. The van der Waals surface area contributed by atoms with Crippen molar-refractivity contribution in [3.63, 3.8) is 0 Å². The predicted octanol–water partition coefficient (Wildman–Crippen LogP) is 3.38. The molecule has 0 bridgehead atoms. The highest BCUT2D eigenvalue weighted by Gasteiger charge is 2.34. The van der Waals surface area contributed by atoms with E-state index in [0.717, 1.165) is 27.9 Å². The molecule has 2 aromatic carbocycles. The molecule has 3 aromatic rings. The maximum Gasteiger partial charge on any atom is 0.323 e. The van der Waals surface area contributed by atoms with Gasteiger partial charge >= 0.3 is 5.97 Å². The van der Waals surface area contributed by atoms with Crippen molar-refractivity contribution in [1.82, 2.24) is 10.3 Å². The van der Waals surface area contributed by atoms with E-state index in [4.69, 9.17) is 9.47 Å². The van der Waals surface area contributed by atoms with Crippen LogP contribution in [-0.2, 0) is 16.0 Å². The molecule has 1 aliphatic rings. The second-order valence-electron chi connectivity index (χ2n) is 6.22. The second-order valence-corrected chi connectivity index (χ2v) is 6.22. The first-order valence-electron chi connectivity index (χ1n) is 8.28. The lowest BCUT2D eigenvalue weighted by molar-refractivity contribution is -0.143. The Bertz CT molecular complexity index is 920. The smallest absolute Gasteiger partial charge is 0.323 e. The summed E-state index contributed by atoms with van der Waals surface area (Å²) in [5, 5.41) is 4.59.